The number of aromatic nitrogens is 2. The highest BCUT2D eigenvalue weighted by atomic mass is 15.0. The molecule has 2 nitrogen and oxygen atoms in total. The van der Waals surface area contributed by atoms with Crippen LogP contribution in [0.3, 0.4) is 0 Å². The molecule has 0 radical (unpaired) electrons. The molecule has 262 valence electrons. The fourth-order valence-corrected chi connectivity index (χ4v) is 8.78. The molecule has 11 aromatic rings. The fraction of sp³-hybridized carbons (Fsp3) is 0. The van der Waals surface area contributed by atoms with Crippen LogP contribution in [0.2, 0.25) is 0 Å². The molecule has 0 spiro atoms. The van der Waals surface area contributed by atoms with E-state index in [4.69, 9.17) is 0 Å². The average molecular weight is 713 g/mol. The highest BCUT2D eigenvalue weighted by molar-refractivity contribution is 6.10. The van der Waals surface area contributed by atoms with Crippen molar-refractivity contribution in [3.63, 3.8) is 0 Å². The molecule has 0 saturated heterocycles. The van der Waals surface area contributed by atoms with E-state index in [1.165, 1.54) is 88.1 Å². The topological polar surface area (TPSA) is 9.86 Å². The molecule has 0 saturated carbocycles. The molecule has 0 aliphatic heterocycles. The molecule has 0 aliphatic carbocycles. The van der Waals surface area contributed by atoms with E-state index in [1.807, 2.05) is 0 Å². The van der Waals surface area contributed by atoms with E-state index >= 15 is 0 Å². The minimum atomic E-state index is 1.15. The highest BCUT2D eigenvalue weighted by Gasteiger charge is 2.17. The Balaban J connectivity index is 1.05. The van der Waals surface area contributed by atoms with Crippen molar-refractivity contribution >= 4 is 43.6 Å². The van der Waals surface area contributed by atoms with Crippen LogP contribution in [0.15, 0.2) is 218 Å². The Bertz CT molecular complexity index is 3110. The summed E-state index contributed by atoms with van der Waals surface area (Å²) in [7, 11) is 0. The summed E-state index contributed by atoms with van der Waals surface area (Å²) in [6.45, 7) is 0. The first-order valence-corrected chi connectivity index (χ1v) is 19.3. The predicted octanol–water partition coefficient (Wildman–Crippen LogP) is 14.5. The van der Waals surface area contributed by atoms with E-state index < -0.39 is 0 Å². The summed E-state index contributed by atoms with van der Waals surface area (Å²) in [5.41, 5.74) is 16.8. The number of rotatable bonds is 6. The Morgan fingerprint density at radius 1 is 0.214 bits per heavy atom. The first-order chi connectivity index (χ1) is 27.8. The third-order valence-corrected chi connectivity index (χ3v) is 11.4. The van der Waals surface area contributed by atoms with Crippen molar-refractivity contribution in [3.05, 3.63) is 218 Å². The first-order valence-electron chi connectivity index (χ1n) is 19.3. The Labute approximate surface area is 325 Å². The van der Waals surface area contributed by atoms with E-state index in [-0.39, 0.29) is 0 Å². The van der Waals surface area contributed by atoms with E-state index in [9.17, 15) is 0 Å². The molecule has 2 aromatic heterocycles. The summed E-state index contributed by atoms with van der Waals surface area (Å²) in [6, 6.07) is 79.4. The molecular formula is C54H36N2. The Morgan fingerprint density at radius 3 is 1.07 bits per heavy atom. The van der Waals surface area contributed by atoms with Crippen molar-refractivity contribution in [2.45, 2.75) is 0 Å². The molecule has 2 heterocycles. The third-order valence-electron chi connectivity index (χ3n) is 11.4. The summed E-state index contributed by atoms with van der Waals surface area (Å²) in [4.78, 5) is 0. The van der Waals surface area contributed by atoms with Gasteiger partial charge >= 0.3 is 0 Å². The van der Waals surface area contributed by atoms with Gasteiger partial charge in [0.2, 0.25) is 0 Å². The summed E-state index contributed by atoms with van der Waals surface area (Å²) in [5.74, 6) is 0. The molecule has 0 atom stereocenters. The van der Waals surface area contributed by atoms with Crippen molar-refractivity contribution in [1.29, 1.82) is 0 Å². The van der Waals surface area contributed by atoms with Gasteiger partial charge in [0.05, 0.1) is 22.1 Å². The van der Waals surface area contributed by atoms with Gasteiger partial charge in [-0.05, 0) is 99.1 Å². The summed E-state index contributed by atoms with van der Waals surface area (Å²) in [6.07, 6.45) is 0. The standard InChI is InChI=1S/C54H36N2/c1-2-14-38(15-3-1)43-16-4-5-17-44(43)45-35-30-40(37-26-31-41(32-27-37)55-51-22-10-6-18-46(51)47-19-7-11-23-52(47)55)36-50(45)39-28-33-42(34-29-39)56-53-24-12-8-20-48(53)49-21-9-13-25-54(49)56/h1-36H. The fourth-order valence-electron chi connectivity index (χ4n) is 8.78. The van der Waals surface area contributed by atoms with Gasteiger partial charge < -0.3 is 9.13 Å². The van der Waals surface area contributed by atoms with Crippen LogP contribution >= 0.6 is 0 Å². The SMILES string of the molecule is c1ccc(-c2ccccc2-c2ccc(-c3ccc(-n4c5ccccc5c5ccccc54)cc3)cc2-c2ccc(-n3c4ccccc4c4ccccc43)cc2)cc1. The predicted molar refractivity (Wildman–Crippen MR) is 237 cm³/mol. The second-order valence-corrected chi connectivity index (χ2v) is 14.5. The zero-order chi connectivity index (χ0) is 37.0. The first kappa shape index (κ1) is 32.0. The number of hydrogen-bond donors (Lipinski definition) is 0. The second kappa shape index (κ2) is 13.2. The largest absolute Gasteiger partial charge is 0.309 e. The normalized spacial score (nSPS) is 11.6. The molecule has 56 heavy (non-hydrogen) atoms. The highest BCUT2D eigenvalue weighted by Crippen LogP contribution is 2.41. The lowest BCUT2D eigenvalue weighted by atomic mass is 9.87. The van der Waals surface area contributed by atoms with Crippen molar-refractivity contribution in [2.24, 2.45) is 0 Å². The molecule has 0 aliphatic rings. The Morgan fingerprint density at radius 2 is 0.571 bits per heavy atom. The molecule has 9 aromatic carbocycles. The maximum absolute atomic E-state index is 2.38. The van der Waals surface area contributed by atoms with Crippen LogP contribution in [0, 0.1) is 0 Å². The Hall–Kier alpha value is -7.42. The quantitative estimate of drug-likeness (QED) is 0.162. The number of fused-ring (bicyclic) bond motifs is 6. The van der Waals surface area contributed by atoms with Gasteiger partial charge in [-0.1, -0.05) is 164 Å². The van der Waals surface area contributed by atoms with Crippen molar-refractivity contribution < 1.29 is 0 Å². The van der Waals surface area contributed by atoms with E-state index in [2.05, 4.69) is 228 Å². The van der Waals surface area contributed by atoms with Crippen LogP contribution in [0.5, 0.6) is 0 Å². The third kappa shape index (κ3) is 5.19. The number of benzene rings is 9. The van der Waals surface area contributed by atoms with Gasteiger partial charge in [-0.15, -0.1) is 0 Å². The maximum atomic E-state index is 2.38. The van der Waals surface area contributed by atoms with Crippen molar-refractivity contribution in [3.8, 4) is 55.9 Å². The average Bonchev–Trinajstić information content (AvgIpc) is 3.80. The molecule has 0 amide bonds. The van der Waals surface area contributed by atoms with Gasteiger partial charge in [-0.25, -0.2) is 0 Å². The molecule has 0 unspecified atom stereocenters. The van der Waals surface area contributed by atoms with Gasteiger partial charge in [-0.3, -0.25) is 0 Å². The van der Waals surface area contributed by atoms with Crippen LogP contribution in [-0.2, 0) is 0 Å². The number of para-hydroxylation sites is 4. The minimum Gasteiger partial charge on any atom is -0.309 e. The molecule has 0 bridgehead atoms. The van der Waals surface area contributed by atoms with Gasteiger partial charge in [0.25, 0.3) is 0 Å². The lowest BCUT2D eigenvalue weighted by molar-refractivity contribution is 1.18. The van der Waals surface area contributed by atoms with Gasteiger partial charge in [0.15, 0.2) is 0 Å². The lowest BCUT2D eigenvalue weighted by Gasteiger charge is -2.17. The van der Waals surface area contributed by atoms with E-state index in [1.54, 1.807) is 0 Å². The number of nitrogens with zero attached hydrogens (tertiary/aromatic N) is 2. The zero-order valence-electron chi connectivity index (χ0n) is 30.7. The summed E-state index contributed by atoms with van der Waals surface area (Å²) in [5, 5.41) is 5.08. The van der Waals surface area contributed by atoms with Crippen LogP contribution in [0.1, 0.15) is 0 Å². The second-order valence-electron chi connectivity index (χ2n) is 14.5. The number of hydrogen-bond acceptors (Lipinski definition) is 0. The van der Waals surface area contributed by atoms with E-state index in [0.29, 0.717) is 0 Å². The molecule has 0 fully saturated rings. The lowest BCUT2D eigenvalue weighted by Crippen LogP contribution is -1.95. The molecule has 11 rings (SSSR count). The van der Waals surface area contributed by atoms with Crippen LogP contribution in [-0.4, -0.2) is 9.13 Å². The zero-order valence-corrected chi connectivity index (χ0v) is 30.7. The molecule has 0 N–H and O–H groups in total. The van der Waals surface area contributed by atoms with Gasteiger partial charge in [0, 0.05) is 32.9 Å². The van der Waals surface area contributed by atoms with Crippen LogP contribution in [0.4, 0.5) is 0 Å². The summed E-state index contributed by atoms with van der Waals surface area (Å²) < 4.78 is 4.76. The van der Waals surface area contributed by atoms with E-state index in [0.717, 1.165) is 11.4 Å². The van der Waals surface area contributed by atoms with Crippen LogP contribution in [0.25, 0.3) is 99.5 Å². The van der Waals surface area contributed by atoms with Gasteiger partial charge in [0.1, 0.15) is 0 Å². The van der Waals surface area contributed by atoms with Crippen LogP contribution < -0.4 is 0 Å². The smallest absolute Gasteiger partial charge is 0.0541 e. The molecule has 2 heteroatoms. The monoisotopic (exact) mass is 712 g/mol. The minimum absolute atomic E-state index is 1.15. The van der Waals surface area contributed by atoms with Crippen molar-refractivity contribution in [1.82, 2.24) is 9.13 Å². The van der Waals surface area contributed by atoms with Crippen molar-refractivity contribution in [2.75, 3.05) is 0 Å². The molecular weight excluding hydrogens is 677 g/mol. The Kier molecular flexibility index (Phi) is 7.53. The summed E-state index contributed by atoms with van der Waals surface area (Å²) >= 11 is 0. The van der Waals surface area contributed by atoms with Gasteiger partial charge in [-0.2, -0.15) is 0 Å². The maximum Gasteiger partial charge on any atom is 0.0541 e.